The molecule has 0 unspecified atom stereocenters. The molecule has 21 heavy (non-hydrogen) atoms. The van der Waals surface area contributed by atoms with Crippen molar-refractivity contribution < 1.29 is 14.3 Å². The summed E-state index contributed by atoms with van der Waals surface area (Å²) in [6.45, 7) is 1.46. The van der Waals surface area contributed by atoms with Crippen LogP contribution in [0.25, 0.3) is 11.1 Å². The number of rotatable bonds is 5. The third-order valence-electron chi connectivity index (χ3n) is 3.13. The summed E-state index contributed by atoms with van der Waals surface area (Å²) in [6.07, 6.45) is 1.16. The zero-order valence-electron chi connectivity index (χ0n) is 12.1. The first-order valence-electron chi connectivity index (χ1n) is 6.62. The Balaban J connectivity index is 2.40. The van der Waals surface area contributed by atoms with E-state index in [2.05, 4.69) is 5.32 Å². The van der Waals surface area contributed by atoms with E-state index in [1.54, 1.807) is 7.11 Å². The Bertz CT molecular complexity index is 648. The zero-order valence-corrected chi connectivity index (χ0v) is 12.1. The van der Waals surface area contributed by atoms with Crippen LogP contribution in [0.2, 0.25) is 0 Å². The summed E-state index contributed by atoms with van der Waals surface area (Å²) in [6, 6.07) is 13.2. The maximum absolute atomic E-state index is 11.1. The summed E-state index contributed by atoms with van der Waals surface area (Å²) in [5.41, 5.74) is 3.54. The van der Waals surface area contributed by atoms with Gasteiger partial charge in [0, 0.05) is 19.0 Å². The van der Waals surface area contributed by atoms with Crippen LogP contribution in [0, 0.1) is 0 Å². The Morgan fingerprint density at radius 1 is 1.19 bits per heavy atom. The Morgan fingerprint density at radius 3 is 2.48 bits per heavy atom. The average molecular weight is 283 g/mol. The van der Waals surface area contributed by atoms with Crippen molar-refractivity contribution in [1.82, 2.24) is 0 Å². The predicted octanol–water partition coefficient (Wildman–Crippen LogP) is 3.06. The van der Waals surface area contributed by atoms with Gasteiger partial charge in [0.2, 0.25) is 5.91 Å². The Kier molecular flexibility index (Phi) is 4.72. The lowest BCUT2D eigenvalue weighted by Gasteiger charge is -2.11. The Labute approximate surface area is 123 Å². The fraction of sp³-hybridized carbons (Fsp3) is 0.176. The summed E-state index contributed by atoms with van der Waals surface area (Å²) in [5, 5.41) is 2.73. The number of anilines is 1. The number of hydrogen-bond acceptors (Lipinski definition) is 3. The summed E-state index contributed by atoms with van der Waals surface area (Å²) in [4.78, 5) is 22.0. The Morgan fingerprint density at radius 2 is 1.90 bits per heavy atom. The second-order valence-electron chi connectivity index (χ2n) is 4.65. The fourth-order valence-corrected chi connectivity index (χ4v) is 2.19. The molecule has 0 aliphatic carbocycles. The minimum atomic E-state index is -0.135. The minimum Gasteiger partial charge on any atom is -0.497 e. The molecule has 2 aromatic carbocycles. The molecule has 2 aromatic rings. The van der Waals surface area contributed by atoms with E-state index in [1.165, 1.54) is 6.92 Å². The van der Waals surface area contributed by atoms with Gasteiger partial charge < -0.3 is 14.8 Å². The molecule has 0 saturated heterocycles. The van der Waals surface area contributed by atoms with E-state index in [9.17, 15) is 9.59 Å². The van der Waals surface area contributed by atoms with Gasteiger partial charge in [0.1, 0.15) is 12.0 Å². The third kappa shape index (κ3) is 3.69. The highest BCUT2D eigenvalue weighted by Crippen LogP contribution is 2.28. The first kappa shape index (κ1) is 14.8. The second kappa shape index (κ2) is 6.70. The number of ether oxygens (including phenoxy) is 1. The third-order valence-corrected chi connectivity index (χ3v) is 3.13. The van der Waals surface area contributed by atoms with Crippen LogP contribution in [0.15, 0.2) is 42.5 Å². The first-order chi connectivity index (χ1) is 10.1. The molecule has 0 spiro atoms. The molecule has 0 heterocycles. The summed E-state index contributed by atoms with van der Waals surface area (Å²) >= 11 is 0. The smallest absolute Gasteiger partial charge is 0.221 e. The normalized spacial score (nSPS) is 10.0. The van der Waals surface area contributed by atoms with Gasteiger partial charge in [0.25, 0.3) is 0 Å². The van der Waals surface area contributed by atoms with Gasteiger partial charge >= 0.3 is 0 Å². The topological polar surface area (TPSA) is 55.4 Å². The maximum atomic E-state index is 11.1. The van der Waals surface area contributed by atoms with Crippen LogP contribution in [-0.4, -0.2) is 19.3 Å². The SMILES string of the molecule is COc1ccc(-c2ccc(NC(C)=O)cc2CC=O)cc1. The van der Waals surface area contributed by atoms with Gasteiger partial charge in [0.15, 0.2) is 0 Å². The van der Waals surface area contributed by atoms with Crippen LogP contribution in [-0.2, 0) is 16.0 Å². The van der Waals surface area contributed by atoms with Crippen molar-refractivity contribution in [2.75, 3.05) is 12.4 Å². The highest BCUT2D eigenvalue weighted by molar-refractivity contribution is 5.89. The molecule has 4 heteroatoms. The van der Waals surface area contributed by atoms with E-state index in [-0.39, 0.29) is 5.91 Å². The molecule has 0 aromatic heterocycles. The quantitative estimate of drug-likeness (QED) is 0.858. The lowest BCUT2D eigenvalue weighted by atomic mass is 9.97. The van der Waals surface area contributed by atoms with E-state index in [0.717, 1.165) is 28.7 Å². The van der Waals surface area contributed by atoms with E-state index in [0.29, 0.717) is 12.1 Å². The standard InChI is InChI=1S/C17H17NO3/c1-12(20)18-15-5-8-17(14(11-15)9-10-19)13-3-6-16(21-2)7-4-13/h3-8,10-11H,9H2,1-2H3,(H,18,20). The van der Waals surface area contributed by atoms with Gasteiger partial charge in [-0.3, -0.25) is 4.79 Å². The van der Waals surface area contributed by atoms with Crippen molar-refractivity contribution in [3.63, 3.8) is 0 Å². The molecular formula is C17H17NO3. The summed E-state index contributed by atoms with van der Waals surface area (Å²) < 4.78 is 5.14. The van der Waals surface area contributed by atoms with Crippen LogP contribution in [0.4, 0.5) is 5.69 Å². The van der Waals surface area contributed by atoms with Crippen LogP contribution < -0.4 is 10.1 Å². The highest BCUT2D eigenvalue weighted by Gasteiger charge is 2.07. The predicted molar refractivity (Wildman–Crippen MR) is 82.5 cm³/mol. The maximum Gasteiger partial charge on any atom is 0.221 e. The van der Waals surface area contributed by atoms with Crippen molar-refractivity contribution in [3.8, 4) is 16.9 Å². The number of nitrogens with one attached hydrogen (secondary N) is 1. The van der Waals surface area contributed by atoms with Crippen molar-refractivity contribution >= 4 is 17.9 Å². The van der Waals surface area contributed by atoms with Crippen LogP contribution in [0.1, 0.15) is 12.5 Å². The lowest BCUT2D eigenvalue weighted by molar-refractivity contribution is -0.114. The molecule has 0 aliphatic rings. The molecule has 2 rings (SSSR count). The zero-order chi connectivity index (χ0) is 15.2. The van der Waals surface area contributed by atoms with Crippen molar-refractivity contribution in [2.45, 2.75) is 13.3 Å². The van der Waals surface area contributed by atoms with Crippen LogP contribution >= 0.6 is 0 Å². The van der Waals surface area contributed by atoms with Crippen molar-refractivity contribution in [3.05, 3.63) is 48.0 Å². The van der Waals surface area contributed by atoms with Gasteiger partial charge in [-0.15, -0.1) is 0 Å². The van der Waals surface area contributed by atoms with Gasteiger partial charge in [-0.2, -0.15) is 0 Å². The molecule has 1 amide bonds. The van der Waals surface area contributed by atoms with Crippen molar-refractivity contribution in [2.24, 2.45) is 0 Å². The number of amides is 1. The largest absolute Gasteiger partial charge is 0.497 e. The average Bonchev–Trinajstić information content (AvgIpc) is 2.47. The number of carbonyl (C=O) groups is 2. The van der Waals surface area contributed by atoms with E-state index < -0.39 is 0 Å². The van der Waals surface area contributed by atoms with E-state index in [1.807, 2.05) is 42.5 Å². The molecule has 0 bridgehead atoms. The number of aldehydes is 1. The number of benzene rings is 2. The van der Waals surface area contributed by atoms with Crippen LogP contribution in [0.3, 0.4) is 0 Å². The molecule has 0 saturated carbocycles. The molecular weight excluding hydrogens is 266 g/mol. The summed E-state index contributed by atoms with van der Waals surface area (Å²) in [5.74, 6) is 0.648. The molecule has 0 radical (unpaired) electrons. The lowest BCUT2D eigenvalue weighted by Crippen LogP contribution is -2.06. The molecule has 108 valence electrons. The molecule has 0 atom stereocenters. The Hall–Kier alpha value is -2.62. The van der Waals surface area contributed by atoms with Crippen LogP contribution in [0.5, 0.6) is 5.75 Å². The molecule has 1 N–H and O–H groups in total. The highest BCUT2D eigenvalue weighted by atomic mass is 16.5. The molecule has 0 fully saturated rings. The van der Waals surface area contributed by atoms with Crippen molar-refractivity contribution in [1.29, 1.82) is 0 Å². The van der Waals surface area contributed by atoms with Gasteiger partial charge in [-0.25, -0.2) is 0 Å². The molecule has 0 aliphatic heterocycles. The second-order valence-corrected chi connectivity index (χ2v) is 4.65. The number of carbonyl (C=O) groups excluding carboxylic acids is 2. The van der Waals surface area contributed by atoms with Gasteiger partial charge in [-0.1, -0.05) is 18.2 Å². The molecule has 4 nitrogen and oxygen atoms in total. The monoisotopic (exact) mass is 283 g/mol. The first-order valence-corrected chi connectivity index (χ1v) is 6.62. The van der Waals surface area contributed by atoms with Gasteiger partial charge in [-0.05, 0) is 41.0 Å². The summed E-state index contributed by atoms with van der Waals surface area (Å²) in [7, 11) is 1.62. The number of methoxy groups -OCH3 is 1. The van der Waals surface area contributed by atoms with Gasteiger partial charge in [0.05, 0.1) is 7.11 Å². The van der Waals surface area contributed by atoms with E-state index >= 15 is 0 Å². The number of hydrogen-bond donors (Lipinski definition) is 1. The minimum absolute atomic E-state index is 0.135. The van der Waals surface area contributed by atoms with E-state index in [4.69, 9.17) is 4.74 Å². The fourth-order valence-electron chi connectivity index (χ4n) is 2.19.